The molecule has 1 fully saturated rings. The van der Waals surface area contributed by atoms with E-state index < -0.39 is 0 Å². The Morgan fingerprint density at radius 2 is 2.07 bits per heavy atom. The number of rotatable bonds is 4. The molecule has 0 aromatic carbocycles. The molecule has 1 aliphatic carbocycles. The second-order valence-corrected chi connectivity index (χ2v) is 4.83. The van der Waals surface area contributed by atoms with Gasteiger partial charge in [-0.25, -0.2) is 0 Å². The highest BCUT2D eigenvalue weighted by molar-refractivity contribution is 5.25. The van der Waals surface area contributed by atoms with Crippen LogP contribution in [0.2, 0.25) is 0 Å². The Morgan fingerprint density at radius 3 is 2.47 bits per heavy atom. The van der Waals surface area contributed by atoms with Crippen LogP contribution in [0.25, 0.3) is 0 Å². The van der Waals surface area contributed by atoms with Crippen LogP contribution in [0.3, 0.4) is 0 Å². The van der Waals surface area contributed by atoms with Gasteiger partial charge in [0.1, 0.15) is 11.5 Å². The van der Waals surface area contributed by atoms with Gasteiger partial charge in [-0.1, -0.05) is 6.92 Å². The number of hydrogen-bond donors (Lipinski definition) is 1. The van der Waals surface area contributed by atoms with Crippen LogP contribution in [0.5, 0.6) is 0 Å². The van der Waals surface area contributed by atoms with Crippen molar-refractivity contribution in [3.05, 3.63) is 23.2 Å². The van der Waals surface area contributed by atoms with E-state index in [9.17, 15) is 0 Å². The molecule has 2 nitrogen and oxygen atoms in total. The molecule has 0 spiro atoms. The SMILES string of the molecule is CNC(c1cc(C)oc1C)C(C)C1CC1. The minimum atomic E-state index is 0.454. The summed E-state index contributed by atoms with van der Waals surface area (Å²) in [4.78, 5) is 0. The second kappa shape index (κ2) is 4.01. The molecule has 2 heteroatoms. The van der Waals surface area contributed by atoms with Crippen molar-refractivity contribution in [3.8, 4) is 0 Å². The van der Waals surface area contributed by atoms with Crippen LogP contribution in [-0.4, -0.2) is 7.05 Å². The zero-order valence-electron chi connectivity index (χ0n) is 10.1. The first kappa shape index (κ1) is 10.7. The topological polar surface area (TPSA) is 25.2 Å². The van der Waals surface area contributed by atoms with Crippen LogP contribution in [-0.2, 0) is 0 Å². The van der Waals surface area contributed by atoms with Crippen molar-refractivity contribution < 1.29 is 4.42 Å². The van der Waals surface area contributed by atoms with E-state index in [0.29, 0.717) is 12.0 Å². The smallest absolute Gasteiger partial charge is 0.105 e. The third-order valence-corrected chi connectivity index (χ3v) is 3.62. The molecule has 1 aromatic rings. The fraction of sp³-hybridized carbons (Fsp3) is 0.692. The lowest BCUT2D eigenvalue weighted by Gasteiger charge is -2.23. The van der Waals surface area contributed by atoms with Gasteiger partial charge in [0.2, 0.25) is 0 Å². The standard InChI is InChI=1S/C13H21NO/c1-8-7-12(10(3)15-8)13(14-4)9(2)11-5-6-11/h7,9,11,13-14H,5-6H2,1-4H3. The average Bonchev–Trinajstić information content (AvgIpc) is 2.95. The molecule has 1 saturated carbocycles. The van der Waals surface area contributed by atoms with Gasteiger partial charge in [0.25, 0.3) is 0 Å². The molecule has 0 amide bonds. The fourth-order valence-corrected chi connectivity index (χ4v) is 2.56. The molecule has 2 unspecified atom stereocenters. The molecule has 2 rings (SSSR count). The molecule has 2 atom stereocenters. The maximum Gasteiger partial charge on any atom is 0.105 e. The van der Waals surface area contributed by atoms with Crippen molar-refractivity contribution in [2.75, 3.05) is 7.05 Å². The molecule has 0 radical (unpaired) electrons. The lowest BCUT2D eigenvalue weighted by Crippen LogP contribution is -2.24. The molecule has 1 N–H and O–H groups in total. The predicted molar refractivity (Wildman–Crippen MR) is 61.9 cm³/mol. The Labute approximate surface area is 92.1 Å². The molecule has 1 aliphatic rings. The lowest BCUT2D eigenvalue weighted by molar-refractivity contribution is 0.363. The quantitative estimate of drug-likeness (QED) is 0.820. The summed E-state index contributed by atoms with van der Waals surface area (Å²) in [7, 11) is 2.05. The second-order valence-electron chi connectivity index (χ2n) is 4.83. The number of hydrogen-bond acceptors (Lipinski definition) is 2. The minimum absolute atomic E-state index is 0.454. The number of nitrogens with one attached hydrogen (secondary N) is 1. The highest BCUT2D eigenvalue weighted by atomic mass is 16.3. The van der Waals surface area contributed by atoms with E-state index in [2.05, 4.69) is 25.2 Å². The molecule has 0 bridgehead atoms. The number of furan rings is 1. The first-order valence-electron chi connectivity index (χ1n) is 5.87. The van der Waals surface area contributed by atoms with Gasteiger partial charge in [-0.05, 0) is 51.6 Å². The van der Waals surface area contributed by atoms with Crippen molar-refractivity contribution in [2.45, 2.75) is 39.7 Å². The summed E-state index contributed by atoms with van der Waals surface area (Å²) in [5.74, 6) is 3.72. The normalized spacial score (nSPS) is 20.3. The van der Waals surface area contributed by atoms with Gasteiger partial charge in [0.15, 0.2) is 0 Å². The zero-order chi connectivity index (χ0) is 11.0. The highest BCUT2D eigenvalue weighted by Gasteiger charge is 2.34. The monoisotopic (exact) mass is 207 g/mol. The Bertz CT molecular complexity index is 338. The minimum Gasteiger partial charge on any atom is -0.466 e. The molecule has 0 saturated heterocycles. The summed E-state index contributed by atoms with van der Waals surface area (Å²) in [6.45, 7) is 6.43. The fourth-order valence-electron chi connectivity index (χ4n) is 2.56. The Balaban J connectivity index is 2.21. The van der Waals surface area contributed by atoms with Crippen LogP contribution in [0.4, 0.5) is 0 Å². The Morgan fingerprint density at radius 1 is 1.40 bits per heavy atom. The number of aryl methyl sites for hydroxylation is 2. The first-order chi connectivity index (χ1) is 7.13. The van der Waals surface area contributed by atoms with Crippen molar-refractivity contribution in [3.63, 3.8) is 0 Å². The van der Waals surface area contributed by atoms with E-state index in [1.54, 1.807) is 0 Å². The van der Waals surface area contributed by atoms with Gasteiger partial charge in [-0.2, -0.15) is 0 Å². The summed E-state index contributed by atoms with van der Waals surface area (Å²) < 4.78 is 5.61. The van der Waals surface area contributed by atoms with Crippen LogP contribution in [0, 0.1) is 25.7 Å². The third-order valence-electron chi connectivity index (χ3n) is 3.62. The van der Waals surface area contributed by atoms with Crippen molar-refractivity contribution in [1.82, 2.24) is 5.32 Å². The largest absolute Gasteiger partial charge is 0.466 e. The van der Waals surface area contributed by atoms with E-state index in [4.69, 9.17) is 4.42 Å². The van der Waals surface area contributed by atoms with Crippen LogP contribution < -0.4 is 5.32 Å². The summed E-state index contributed by atoms with van der Waals surface area (Å²) in [6.07, 6.45) is 2.80. The summed E-state index contributed by atoms with van der Waals surface area (Å²) in [5, 5.41) is 3.43. The van der Waals surface area contributed by atoms with Gasteiger partial charge in [-0.3, -0.25) is 0 Å². The summed E-state index contributed by atoms with van der Waals surface area (Å²) >= 11 is 0. The molecule has 0 aliphatic heterocycles. The molecular formula is C13H21NO. The molecular weight excluding hydrogens is 186 g/mol. The van der Waals surface area contributed by atoms with Gasteiger partial charge in [0, 0.05) is 11.6 Å². The van der Waals surface area contributed by atoms with Crippen molar-refractivity contribution in [1.29, 1.82) is 0 Å². The van der Waals surface area contributed by atoms with Crippen molar-refractivity contribution in [2.24, 2.45) is 11.8 Å². The molecule has 84 valence electrons. The van der Waals surface area contributed by atoms with Gasteiger partial charge >= 0.3 is 0 Å². The van der Waals surface area contributed by atoms with E-state index in [1.807, 2.05) is 14.0 Å². The molecule has 1 aromatic heterocycles. The van der Waals surface area contributed by atoms with Gasteiger partial charge in [-0.15, -0.1) is 0 Å². The van der Waals surface area contributed by atoms with Crippen LogP contribution in [0.1, 0.15) is 42.9 Å². The maximum atomic E-state index is 5.61. The first-order valence-corrected chi connectivity index (χ1v) is 5.87. The van der Waals surface area contributed by atoms with Crippen LogP contribution >= 0.6 is 0 Å². The van der Waals surface area contributed by atoms with E-state index in [1.165, 1.54) is 18.4 Å². The van der Waals surface area contributed by atoms with Gasteiger partial charge < -0.3 is 9.73 Å². The van der Waals surface area contributed by atoms with Crippen molar-refractivity contribution >= 4 is 0 Å². The molecule has 1 heterocycles. The van der Waals surface area contributed by atoms with E-state index in [0.717, 1.165) is 17.4 Å². The zero-order valence-corrected chi connectivity index (χ0v) is 10.1. The Hall–Kier alpha value is -0.760. The summed E-state index contributed by atoms with van der Waals surface area (Å²) in [6, 6.07) is 2.63. The lowest BCUT2D eigenvalue weighted by atomic mass is 9.91. The molecule has 15 heavy (non-hydrogen) atoms. The maximum absolute atomic E-state index is 5.61. The Kier molecular flexibility index (Phi) is 2.87. The third kappa shape index (κ3) is 2.10. The van der Waals surface area contributed by atoms with E-state index >= 15 is 0 Å². The van der Waals surface area contributed by atoms with Gasteiger partial charge in [0.05, 0.1) is 0 Å². The summed E-state index contributed by atoms with van der Waals surface area (Å²) in [5.41, 5.74) is 1.34. The predicted octanol–water partition coefficient (Wildman–Crippen LogP) is 3.20. The van der Waals surface area contributed by atoms with E-state index in [-0.39, 0.29) is 0 Å². The van der Waals surface area contributed by atoms with Crippen LogP contribution in [0.15, 0.2) is 10.5 Å². The highest BCUT2D eigenvalue weighted by Crippen LogP contribution is 2.43. The average molecular weight is 207 g/mol.